The Morgan fingerprint density at radius 1 is 1.14 bits per heavy atom. The molecule has 0 spiro atoms. The lowest BCUT2D eigenvalue weighted by atomic mass is 10.1. The van der Waals surface area contributed by atoms with Crippen molar-refractivity contribution in [2.45, 2.75) is 12.3 Å². The highest BCUT2D eigenvalue weighted by atomic mass is 79.9. The molecule has 3 rings (SSSR count). The van der Waals surface area contributed by atoms with Gasteiger partial charge in [-0.1, -0.05) is 28.1 Å². The number of aromatic nitrogens is 1. The molecule has 0 N–H and O–H groups in total. The predicted molar refractivity (Wildman–Crippen MR) is 92.5 cm³/mol. The fourth-order valence-electron chi connectivity index (χ4n) is 2.07. The first-order chi connectivity index (χ1) is 10.2. The first-order valence-electron chi connectivity index (χ1n) is 6.56. The van der Waals surface area contributed by atoms with Gasteiger partial charge < -0.3 is 4.74 Å². The van der Waals surface area contributed by atoms with Gasteiger partial charge in [-0.3, -0.25) is 0 Å². The van der Waals surface area contributed by atoms with Crippen molar-refractivity contribution in [2.75, 3.05) is 6.61 Å². The van der Waals surface area contributed by atoms with Gasteiger partial charge in [0.1, 0.15) is 5.75 Å². The van der Waals surface area contributed by atoms with Crippen molar-refractivity contribution >= 4 is 49.6 Å². The van der Waals surface area contributed by atoms with Gasteiger partial charge in [0, 0.05) is 16.3 Å². The van der Waals surface area contributed by atoms with Crippen LogP contribution in [0.4, 0.5) is 0 Å². The number of rotatable bonds is 5. The van der Waals surface area contributed by atoms with Crippen LogP contribution < -0.4 is 4.74 Å². The lowest BCUT2D eigenvalue weighted by molar-refractivity contribution is 0.322. The van der Waals surface area contributed by atoms with Gasteiger partial charge in [-0.05, 0) is 35.0 Å². The molecule has 5 heteroatoms. The molecule has 0 bridgehead atoms. The number of alkyl halides is 1. The van der Waals surface area contributed by atoms with E-state index >= 15 is 0 Å². The van der Waals surface area contributed by atoms with E-state index in [4.69, 9.17) is 16.3 Å². The summed E-state index contributed by atoms with van der Waals surface area (Å²) in [6.07, 6.45) is 0.805. The fraction of sp³-hybridized carbons (Fsp3) is 0.188. The normalized spacial score (nSPS) is 11.0. The molecule has 21 heavy (non-hydrogen) atoms. The number of hydrogen-bond donors (Lipinski definition) is 0. The van der Waals surface area contributed by atoms with E-state index < -0.39 is 0 Å². The Bertz CT molecular complexity index is 759. The molecule has 0 aliphatic rings. The molecule has 0 aliphatic heterocycles. The van der Waals surface area contributed by atoms with Gasteiger partial charge in [0.2, 0.25) is 0 Å². The van der Waals surface area contributed by atoms with E-state index in [1.807, 2.05) is 17.5 Å². The van der Waals surface area contributed by atoms with E-state index in [-0.39, 0.29) is 0 Å². The largest absolute Gasteiger partial charge is 0.493 e. The van der Waals surface area contributed by atoms with Gasteiger partial charge in [0.15, 0.2) is 0 Å². The highest BCUT2D eigenvalue weighted by Gasteiger charge is 2.03. The Hall–Kier alpha value is -1.10. The third-order valence-electron chi connectivity index (χ3n) is 3.09. The second-order valence-electron chi connectivity index (χ2n) is 4.62. The summed E-state index contributed by atoms with van der Waals surface area (Å²) in [6.45, 7) is 0.622. The Balaban J connectivity index is 1.63. The van der Waals surface area contributed by atoms with Crippen LogP contribution in [0, 0.1) is 0 Å². The van der Waals surface area contributed by atoms with Gasteiger partial charge >= 0.3 is 0 Å². The summed E-state index contributed by atoms with van der Waals surface area (Å²) in [7, 11) is 0. The van der Waals surface area contributed by atoms with Gasteiger partial charge in [-0.15, -0.1) is 22.9 Å². The van der Waals surface area contributed by atoms with Gasteiger partial charge in [-0.25, -0.2) is 4.98 Å². The molecule has 0 radical (unpaired) electrons. The zero-order chi connectivity index (χ0) is 14.7. The molecule has 0 saturated heterocycles. The summed E-state index contributed by atoms with van der Waals surface area (Å²) in [5.74, 6) is 1.36. The number of ether oxygens (including phenoxy) is 1. The number of nitrogens with zero attached hydrogens (tertiary/aromatic N) is 1. The van der Waals surface area contributed by atoms with Crippen LogP contribution >= 0.6 is 38.9 Å². The number of halogens is 2. The topological polar surface area (TPSA) is 22.1 Å². The molecule has 2 nitrogen and oxygen atoms in total. The molecule has 0 atom stereocenters. The minimum Gasteiger partial charge on any atom is -0.493 e. The lowest BCUT2D eigenvalue weighted by Gasteiger charge is -2.06. The predicted octanol–water partition coefficient (Wildman–Crippen LogP) is 5.42. The van der Waals surface area contributed by atoms with Crippen molar-refractivity contribution in [1.82, 2.24) is 4.98 Å². The van der Waals surface area contributed by atoms with Crippen LogP contribution in [0.1, 0.15) is 10.7 Å². The third kappa shape index (κ3) is 3.76. The smallest absolute Gasteiger partial charge is 0.119 e. The summed E-state index contributed by atoms with van der Waals surface area (Å²) >= 11 is 10.9. The van der Waals surface area contributed by atoms with Crippen LogP contribution in [-0.2, 0) is 12.3 Å². The Labute approximate surface area is 140 Å². The number of benzene rings is 2. The molecule has 0 saturated carbocycles. The summed E-state index contributed by atoms with van der Waals surface area (Å²) in [6, 6.07) is 12.4. The highest BCUT2D eigenvalue weighted by Crippen LogP contribution is 2.24. The van der Waals surface area contributed by atoms with Crippen LogP contribution in [0.15, 0.2) is 46.3 Å². The van der Waals surface area contributed by atoms with Crippen molar-refractivity contribution in [3.63, 3.8) is 0 Å². The van der Waals surface area contributed by atoms with E-state index in [9.17, 15) is 0 Å². The van der Waals surface area contributed by atoms with Crippen molar-refractivity contribution in [3.8, 4) is 5.75 Å². The molecule has 0 unspecified atom stereocenters. The summed E-state index contributed by atoms with van der Waals surface area (Å²) in [5.41, 5.74) is 0.938. The minimum absolute atomic E-state index is 0.470. The molecule has 1 heterocycles. The maximum atomic E-state index is 5.81. The molecule has 1 aromatic heterocycles. The van der Waals surface area contributed by atoms with E-state index in [2.05, 4.69) is 45.2 Å². The molecule has 108 valence electrons. The standard InChI is InChI=1S/C16H13BrClNOS/c17-13-3-1-12-8-15(4-2-11(12)7-13)20-6-5-16-19-14(9-18)10-21-16/h1-4,7-8,10H,5-6,9H2. The molecule has 0 aliphatic carbocycles. The van der Waals surface area contributed by atoms with Crippen LogP contribution in [0.2, 0.25) is 0 Å². The Morgan fingerprint density at radius 3 is 2.76 bits per heavy atom. The Morgan fingerprint density at radius 2 is 1.95 bits per heavy atom. The van der Waals surface area contributed by atoms with E-state index in [0.717, 1.165) is 27.3 Å². The summed E-state index contributed by atoms with van der Waals surface area (Å²) in [4.78, 5) is 4.42. The number of fused-ring (bicyclic) bond motifs is 1. The molecular formula is C16H13BrClNOS. The van der Waals surface area contributed by atoms with Gasteiger partial charge in [-0.2, -0.15) is 0 Å². The van der Waals surface area contributed by atoms with E-state index in [1.54, 1.807) is 11.3 Å². The first-order valence-corrected chi connectivity index (χ1v) is 8.77. The molecule has 0 fully saturated rings. The van der Waals surface area contributed by atoms with Gasteiger partial charge in [0.05, 0.1) is 23.2 Å². The molecule has 0 amide bonds. The number of thiazole rings is 1. The van der Waals surface area contributed by atoms with Crippen LogP contribution in [0.3, 0.4) is 0 Å². The SMILES string of the molecule is ClCc1csc(CCOc2ccc3cc(Br)ccc3c2)n1. The van der Waals surface area contributed by atoms with E-state index in [0.29, 0.717) is 12.5 Å². The van der Waals surface area contributed by atoms with Crippen LogP contribution in [-0.4, -0.2) is 11.6 Å². The third-order valence-corrected chi connectivity index (χ3v) is 4.82. The minimum atomic E-state index is 0.470. The van der Waals surface area contributed by atoms with Crippen LogP contribution in [0.5, 0.6) is 5.75 Å². The highest BCUT2D eigenvalue weighted by molar-refractivity contribution is 9.10. The second kappa shape index (κ2) is 6.77. The maximum Gasteiger partial charge on any atom is 0.119 e. The average molecular weight is 383 g/mol. The second-order valence-corrected chi connectivity index (χ2v) is 6.74. The zero-order valence-corrected chi connectivity index (χ0v) is 14.3. The summed E-state index contributed by atoms with van der Waals surface area (Å²) < 4.78 is 6.90. The first kappa shape index (κ1) is 14.8. The average Bonchev–Trinajstić information content (AvgIpc) is 2.95. The molecular weight excluding hydrogens is 370 g/mol. The zero-order valence-electron chi connectivity index (χ0n) is 11.2. The van der Waals surface area contributed by atoms with Gasteiger partial charge in [0.25, 0.3) is 0 Å². The molecule has 3 aromatic rings. The number of hydrogen-bond acceptors (Lipinski definition) is 3. The quantitative estimate of drug-likeness (QED) is 0.550. The Kier molecular flexibility index (Phi) is 4.78. The summed E-state index contributed by atoms with van der Waals surface area (Å²) in [5, 5.41) is 5.43. The van der Waals surface area contributed by atoms with E-state index in [1.165, 1.54) is 10.8 Å². The van der Waals surface area contributed by atoms with Crippen molar-refractivity contribution < 1.29 is 4.74 Å². The monoisotopic (exact) mass is 381 g/mol. The molecule has 2 aromatic carbocycles. The van der Waals surface area contributed by atoms with Crippen molar-refractivity contribution in [2.24, 2.45) is 0 Å². The lowest BCUT2D eigenvalue weighted by Crippen LogP contribution is -2.01. The van der Waals surface area contributed by atoms with Crippen molar-refractivity contribution in [3.05, 3.63) is 57.0 Å². The van der Waals surface area contributed by atoms with Crippen molar-refractivity contribution in [1.29, 1.82) is 0 Å². The van der Waals surface area contributed by atoms with Crippen LogP contribution in [0.25, 0.3) is 10.8 Å². The fourth-order valence-corrected chi connectivity index (χ4v) is 3.45. The maximum absolute atomic E-state index is 5.81.